The zero-order chi connectivity index (χ0) is 23.3. The lowest BCUT2D eigenvalue weighted by molar-refractivity contribution is -0.113. The number of carbonyl (C=O) groups is 2. The van der Waals surface area contributed by atoms with Crippen molar-refractivity contribution in [3.05, 3.63) is 63.4 Å². The molecule has 0 radical (unpaired) electrons. The van der Waals surface area contributed by atoms with Crippen LogP contribution in [0.4, 0.5) is 5.69 Å². The molecule has 0 aliphatic rings. The molecule has 32 heavy (non-hydrogen) atoms. The Morgan fingerprint density at radius 2 is 1.78 bits per heavy atom. The maximum Gasteiger partial charge on any atom is 0.251 e. The van der Waals surface area contributed by atoms with Gasteiger partial charge in [0.2, 0.25) is 5.91 Å². The van der Waals surface area contributed by atoms with Gasteiger partial charge in [-0.3, -0.25) is 9.59 Å². The summed E-state index contributed by atoms with van der Waals surface area (Å²) in [5, 5.41) is 14.7. The number of ether oxygens (including phenoxy) is 1. The number of halogens is 1. The largest absolute Gasteiger partial charge is 0.497 e. The van der Waals surface area contributed by atoms with Crippen molar-refractivity contribution in [3.8, 4) is 5.75 Å². The number of rotatable bonds is 8. The van der Waals surface area contributed by atoms with Gasteiger partial charge in [-0.25, -0.2) is 0 Å². The van der Waals surface area contributed by atoms with Crippen molar-refractivity contribution in [1.82, 2.24) is 20.1 Å². The normalized spacial score (nSPS) is 10.7. The van der Waals surface area contributed by atoms with Crippen molar-refractivity contribution in [2.45, 2.75) is 25.5 Å². The summed E-state index contributed by atoms with van der Waals surface area (Å²) in [6.07, 6.45) is 0. The molecule has 0 saturated carbocycles. The first-order valence-corrected chi connectivity index (χ1v) is 11.6. The number of nitrogens with zero attached hydrogens (tertiary/aromatic N) is 3. The third-order valence-corrected chi connectivity index (χ3v) is 6.26. The predicted octanol–water partition coefficient (Wildman–Crippen LogP) is 3.86. The molecular weight excluding hydrogens is 494 g/mol. The quantitative estimate of drug-likeness (QED) is 0.440. The second-order valence-electron chi connectivity index (χ2n) is 7.12. The number of hydrogen-bond donors (Lipinski definition) is 2. The van der Waals surface area contributed by atoms with Gasteiger partial charge in [-0.2, -0.15) is 0 Å². The molecule has 3 rings (SSSR count). The standard InChI is InChI=1S/C22H24BrN5O3S/c1-13-9-16(23)10-14(2)20(13)25-19(29)12-32-22-27-26-18(28(22)3)11-24-21(30)15-5-7-17(31-4)8-6-15/h5-10H,11-12H2,1-4H3,(H,24,30)(H,25,29). The minimum absolute atomic E-state index is 0.124. The highest BCUT2D eigenvalue weighted by molar-refractivity contribution is 9.10. The summed E-state index contributed by atoms with van der Waals surface area (Å²) in [6.45, 7) is 4.13. The maximum absolute atomic E-state index is 12.4. The number of carbonyl (C=O) groups excluding carboxylic acids is 2. The first-order valence-electron chi connectivity index (χ1n) is 9.78. The molecule has 1 heterocycles. The van der Waals surface area contributed by atoms with Crippen molar-refractivity contribution in [3.63, 3.8) is 0 Å². The Morgan fingerprint density at radius 1 is 1.12 bits per heavy atom. The molecule has 10 heteroatoms. The van der Waals surface area contributed by atoms with Gasteiger partial charge in [-0.1, -0.05) is 27.7 Å². The van der Waals surface area contributed by atoms with E-state index in [1.165, 1.54) is 11.8 Å². The lowest BCUT2D eigenvalue weighted by Crippen LogP contribution is -2.24. The van der Waals surface area contributed by atoms with E-state index in [0.717, 1.165) is 21.3 Å². The Balaban J connectivity index is 1.54. The van der Waals surface area contributed by atoms with Gasteiger partial charge < -0.3 is 19.9 Å². The summed E-state index contributed by atoms with van der Waals surface area (Å²) >= 11 is 4.75. The van der Waals surface area contributed by atoms with E-state index in [2.05, 4.69) is 36.8 Å². The van der Waals surface area contributed by atoms with Gasteiger partial charge in [0.15, 0.2) is 11.0 Å². The number of nitrogens with one attached hydrogen (secondary N) is 2. The lowest BCUT2D eigenvalue weighted by atomic mass is 10.1. The molecule has 0 aliphatic heterocycles. The molecule has 0 aliphatic carbocycles. The Kier molecular flexibility index (Phi) is 7.92. The fourth-order valence-electron chi connectivity index (χ4n) is 3.04. The molecule has 3 aromatic rings. The number of aryl methyl sites for hydroxylation is 2. The van der Waals surface area contributed by atoms with Gasteiger partial charge in [-0.15, -0.1) is 10.2 Å². The van der Waals surface area contributed by atoms with Crippen LogP contribution in [-0.2, 0) is 18.4 Å². The second-order valence-corrected chi connectivity index (χ2v) is 8.98. The van der Waals surface area contributed by atoms with Crippen molar-refractivity contribution in [2.75, 3.05) is 18.2 Å². The van der Waals surface area contributed by atoms with Crippen LogP contribution in [0.3, 0.4) is 0 Å². The summed E-state index contributed by atoms with van der Waals surface area (Å²) in [5.41, 5.74) is 3.32. The Morgan fingerprint density at radius 3 is 2.41 bits per heavy atom. The van der Waals surface area contributed by atoms with Gasteiger partial charge in [-0.05, 0) is 61.4 Å². The second kappa shape index (κ2) is 10.6. The van der Waals surface area contributed by atoms with Crippen LogP contribution in [0.15, 0.2) is 46.0 Å². The first-order chi connectivity index (χ1) is 15.3. The van der Waals surface area contributed by atoms with Crippen LogP contribution in [0, 0.1) is 13.8 Å². The summed E-state index contributed by atoms with van der Waals surface area (Å²) < 4.78 is 7.84. The first kappa shape index (κ1) is 23.8. The van der Waals surface area contributed by atoms with E-state index in [9.17, 15) is 9.59 Å². The highest BCUT2D eigenvalue weighted by Gasteiger charge is 2.14. The van der Waals surface area contributed by atoms with E-state index >= 15 is 0 Å². The van der Waals surface area contributed by atoms with Crippen LogP contribution in [0.5, 0.6) is 5.75 Å². The number of methoxy groups -OCH3 is 1. The number of hydrogen-bond acceptors (Lipinski definition) is 6. The summed E-state index contributed by atoms with van der Waals surface area (Å²) in [5.74, 6) is 1.13. The molecule has 0 spiro atoms. The third kappa shape index (κ3) is 5.89. The number of anilines is 1. The van der Waals surface area contributed by atoms with Gasteiger partial charge in [0, 0.05) is 22.8 Å². The van der Waals surface area contributed by atoms with Crippen LogP contribution in [0.2, 0.25) is 0 Å². The Hall–Kier alpha value is -2.85. The molecule has 2 aromatic carbocycles. The number of benzene rings is 2. The van der Waals surface area contributed by atoms with E-state index in [1.54, 1.807) is 43.0 Å². The molecule has 8 nitrogen and oxygen atoms in total. The van der Waals surface area contributed by atoms with Crippen LogP contribution in [-0.4, -0.2) is 39.4 Å². The molecule has 0 fully saturated rings. The Bertz CT molecular complexity index is 1110. The average molecular weight is 518 g/mol. The van der Waals surface area contributed by atoms with Gasteiger partial charge in [0.1, 0.15) is 5.75 Å². The van der Waals surface area contributed by atoms with Crippen LogP contribution in [0.1, 0.15) is 27.3 Å². The summed E-state index contributed by atoms with van der Waals surface area (Å²) in [4.78, 5) is 24.8. The molecule has 2 amide bonds. The van der Waals surface area contributed by atoms with E-state index in [-0.39, 0.29) is 24.1 Å². The van der Waals surface area contributed by atoms with Crippen molar-refractivity contribution < 1.29 is 14.3 Å². The van der Waals surface area contributed by atoms with Gasteiger partial charge >= 0.3 is 0 Å². The fraction of sp³-hybridized carbons (Fsp3) is 0.273. The maximum atomic E-state index is 12.4. The zero-order valence-electron chi connectivity index (χ0n) is 18.2. The van der Waals surface area contributed by atoms with Crippen LogP contribution < -0.4 is 15.4 Å². The van der Waals surface area contributed by atoms with Crippen molar-refractivity contribution >= 4 is 45.2 Å². The Labute approximate surface area is 199 Å². The smallest absolute Gasteiger partial charge is 0.251 e. The lowest BCUT2D eigenvalue weighted by Gasteiger charge is -2.12. The SMILES string of the molecule is COc1ccc(C(=O)NCc2nnc(SCC(=O)Nc3c(C)cc(Br)cc3C)n2C)cc1. The molecule has 0 bridgehead atoms. The summed E-state index contributed by atoms with van der Waals surface area (Å²) in [7, 11) is 3.38. The van der Waals surface area contributed by atoms with Crippen molar-refractivity contribution in [1.29, 1.82) is 0 Å². The highest BCUT2D eigenvalue weighted by atomic mass is 79.9. The van der Waals surface area contributed by atoms with E-state index in [0.29, 0.717) is 22.3 Å². The molecule has 0 atom stereocenters. The number of aromatic nitrogens is 3. The minimum atomic E-state index is -0.218. The number of thioether (sulfide) groups is 1. The number of amides is 2. The van der Waals surface area contributed by atoms with Gasteiger partial charge in [0.25, 0.3) is 5.91 Å². The van der Waals surface area contributed by atoms with E-state index < -0.39 is 0 Å². The molecule has 0 saturated heterocycles. The molecule has 0 unspecified atom stereocenters. The molecule has 2 N–H and O–H groups in total. The minimum Gasteiger partial charge on any atom is -0.497 e. The molecule has 168 valence electrons. The predicted molar refractivity (Wildman–Crippen MR) is 128 cm³/mol. The molecular formula is C22H24BrN5O3S. The van der Waals surface area contributed by atoms with Crippen LogP contribution in [0.25, 0.3) is 0 Å². The average Bonchev–Trinajstić information content (AvgIpc) is 3.12. The van der Waals surface area contributed by atoms with E-state index in [1.807, 2.05) is 26.0 Å². The highest BCUT2D eigenvalue weighted by Crippen LogP contribution is 2.25. The monoisotopic (exact) mass is 517 g/mol. The van der Waals surface area contributed by atoms with E-state index in [4.69, 9.17) is 4.74 Å². The topological polar surface area (TPSA) is 98.1 Å². The van der Waals surface area contributed by atoms with Crippen molar-refractivity contribution in [2.24, 2.45) is 7.05 Å². The fourth-order valence-corrected chi connectivity index (χ4v) is 4.46. The summed E-state index contributed by atoms with van der Waals surface area (Å²) in [6, 6.07) is 10.8. The zero-order valence-corrected chi connectivity index (χ0v) is 20.6. The third-order valence-electron chi connectivity index (χ3n) is 4.78. The molecule has 1 aromatic heterocycles. The van der Waals surface area contributed by atoms with Gasteiger partial charge in [0.05, 0.1) is 19.4 Å². The van der Waals surface area contributed by atoms with Crippen LogP contribution >= 0.6 is 27.7 Å².